The van der Waals surface area contributed by atoms with Gasteiger partial charge in [0.05, 0.1) is 17.4 Å². The van der Waals surface area contributed by atoms with Crippen LogP contribution in [0.25, 0.3) is 0 Å². The van der Waals surface area contributed by atoms with Crippen molar-refractivity contribution < 1.29 is 19.4 Å². The second-order valence-corrected chi connectivity index (χ2v) is 5.25. The quantitative estimate of drug-likeness (QED) is 0.769. The van der Waals surface area contributed by atoms with E-state index in [1.165, 1.54) is 12.4 Å². The van der Waals surface area contributed by atoms with Crippen LogP contribution in [-0.4, -0.2) is 34.3 Å². The van der Waals surface area contributed by atoms with E-state index in [1.807, 2.05) is 0 Å². The summed E-state index contributed by atoms with van der Waals surface area (Å²) < 4.78 is 5.07. The Hall–Kier alpha value is -2.31. The van der Waals surface area contributed by atoms with Gasteiger partial charge in [0, 0.05) is 12.7 Å². The summed E-state index contributed by atoms with van der Waals surface area (Å²) in [4.78, 5) is 26.4. The van der Waals surface area contributed by atoms with Crippen LogP contribution >= 0.6 is 0 Å². The summed E-state index contributed by atoms with van der Waals surface area (Å²) in [5.74, 6) is -1.11. The number of amides is 1. The Kier molecular flexibility index (Phi) is 4.90. The first-order valence-electron chi connectivity index (χ1n) is 6.13. The van der Waals surface area contributed by atoms with Crippen LogP contribution in [-0.2, 0) is 11.2 Å². The number of carbonyl (C=O) groups is 2. The van der Waals surface area contributed by atoms with Crippen LogP contribution < -0.4 is 11.1 Å². The molecule has 0 atom stereocenters. The minimum Gasteiger partial charge on any atom is -0.478 e. The van der Waals surface area contributed by atoms with Gasteiger partial charge in [-0.15, -0.1) is 0 Å². The number of hydrogen-bond acceptors (Lipinski definition) is 5. The van der Waals surface area contributed by atoms with Gasteiger partial charge in [-0.1, -0.05) is 0 Å². The zero-order chi connectivity index (χ0) is 15.3. The summed E-state index contributed by atoms with van der Waals surface area (Å²) in [5.41, 5.74) is 5.60. The fraction of sp³-hybridized carbons (Fsp3) is 0.462. The van der Waals surface area contributed by atoms with Crippen molar-refractivity contribution in [1.82, 2.24) is 10.3 Å². The number of rotatable bonds is 4. The number of aromatic nitrogens is 1. The highest BCUT2D eigenvalue weighted by atomic mass is 16.6. The van der Waals surface area contributed by atoms with E-state index in [0.717, 1.165) is 0 Å². The number of nitrogen functional groups attached to an aromatic ring is 1. The molecule has 1 aromatic heterocycles. The number of aromatic carboxylic acids is 1. The van der Waals surface area contributed by atoms with Crippen LogP contribution in [0.15, 0.2) is 12.4 Å². The van der Waals surface area contributed by atoms with Crippen LogP contribution in [0.5, 0.6) is 0 Å². The van der Waals surface area contributed by atoms with E-state index < -0.39 is 17.7 Å². The maximum absolute atomic E-state index is 11.4. The molecule has 0 spiro atoms. The van der Waals surface area contributed by atoms with Gasteiger partial charge in [0.2, 0.25) is 0 Å². The third-order valence-electron chi connectivity index (χ3n) is 2.33. The SMILES string of the molecule is CC(C)(C)OC(=O)NCCc1cncc(N)c1C(=O)O. The second kappa shape index (κ2) is 6.23. The highest BCUT2D eigenvalue weighted by Gasteiger charge is 2.17. The molecule has 7 heteroatoms. The van der Waals surface area contributed by atoms with E-state index in [4.69, 9.17) is 15.6 Å². The molecule has 0 radical (unpaired) electrons. The maximum atomic E-state index is 11.4. The second-order valence-electron chi connectivity index (χ2n) is 5.25. The fourth-order valence-corrected chi connectivity index (χ4v) is 1.59. The van der Waals surface area contributed by atoms with Crippen LogP contribution in [0.2, 0.25) is 0 Å². The standard InChI is InChI=1S/C13H19N3O4/c1-13(2,3)20-12(19)16-5-4-8-6-15-7-9(14)10(8)11(17)18/h6-7H,4-5,14H2,1-3H3,(H,16,19)(H,17,18). The van der Waals surface area contributed by atoms with Gasteiger partial charge in [0.15, 0.2) is 0 Å². The van der Waals surface area contributed by atoms with E-state index >= 15 is 0 Å². The molecule has 4 N–H and O–H groups in total. The lowest BCUT2D eigenvalue weighted by Crippen LogP contribution is -2.33. The number of pyridine rings is 1. The lowest BCUT2D eigenvalue weighted by atomic mass is 10.1. The molecule has 0 bridgehead atoms. The van der Waals surface area contributed by atoms with Gasteiger partial charge in [0.25, 0.3) is 0 Å². The molecule has 1 amide bonds. The Morgan fingerprint density at radius 1 is 1.40 bits per heavy atom. The molecule has 1 heterocycles. The summed E-state index contributed by atoms with van der Waals surface area (Å²) in [5, 5.41) is 11.6. The first-order valence-corrected chi connectivity index (χ1v) is 6.13. The van der Waals surface area contributed by atoms with Gasteiger partial charge in [-0.2, -0.15) is 0 Å². The summed E-state index contributed by atoms with van der Waals surface area (Å²) >= 11 is 0. The predicted molar refractivity (Wildman–Crippen MR) is 73.5 cm³/mol. The molecule has 0 aliphatic rings. The number of nitrogens with one attached hydrogen (secondary N) is 1. The molecule has 110 valence electrons. The lowest BCUT2D eigenvalue weighted by Gasteiger charge is -2.19. The molecule has 0 aliphatic carbocycles. The molecule has 7 nitrogen and oxygen atoms in total. The third-order valence-corrected chi connectivity index (χ3v) is 2.33. The fourth-order valence-electron chi connectivity index (χ4n) is 1.59. The maximum Gasteiger partial charge on any atom is 0.407 e. The summed E-state index contributed by atoms with van der Waals surface area (Å²) in [6.45, 7) is 5.52. The molecule has 0 saturated heterocycles. The van der Waals surface area contributed by atoms with E-state index in [-0.39, 0.29) is 17.8 Å². The van der Waals surface area contributed by atoms with Crippen LogP contribution in [0.4, 0.5) is 10.5 Å². The van der Waals surface area contributed by atoms with Crippen molar-refractivity contribution in [3.05, 3.63) is 23.5 Å². The van der Waals surface area contributed by atoms with Crippen molar-refractivity contribution in [2.45, 2.75) is 32.8 Å². The van der Waals surface area contributed by atoms with Gasteiger partial charge in [-0.25, -0.2) is 9.59 Å². The van der Waals surface area contributed by atoms with Crippen molar-refractivity contribution in [3.63, 3.8) is 0 Å². The van der Waals surface area contributed by atoms with Crippen molar-refractivity contribution in [1.29, 1.82) is 0 Å². The number of ether oxygens (including phenoxy) is 1. The molecule has 0 aromatic carbocycles. The Bertz CT molecular complexity index is 509. The van der Waals surface area contributed by atoms with Gasteiger partial charge in [-0.05, 0) is 32.8 Å². The minimum absolute atomic E-state index is 0.0194. The zero-order valence-corrected chi connectivity index (χ0v) is 11.8. The molecule has 0 unspecified atom stereocenters. The molecular formula is C13H19N3O4. The molecule has 0 saturated carbocycles. The number of nitrogens with two attached hydrogens (primary N) is 1. The number of nitrogens with zero attached hydrogens (tertiary/aromatic N) is 1. The Morgan fingerprint density at radius 2 is 2.05 bits per heavy atom. The molecule has 0 fully saturated rings. The summed E-state index contributed by atoms with van der Waals surface area (Å²) in [7, 11) is 0. The van der Waals surface area contributed by atoms with Crippen LogP contribution in [0.3, 0.4) is 0 Å². The van der Waals surface area contributed by atoms with Crippen molar-refractivity contribution in [2.24, 2.45) is 0 Å². The number of carbonyl (C=O) groups excluding carboxylic acids is 1. The van der Waals surface area contributed by atoms with E-state index in [0.29, 0.717) is 12.0 Å². The van der Waals surface area contributed by atoms with Gasteiger partial charge >= 0.3 is 12.1 Å². The number of carboxylic acid groups (broad SMARTS) is 1. The first-order chi connectivity index (χ1) is 9.20. The van der Waals surface area contributed by atoms with Crippen molar-refractivity contribution in [2.75, 3.05) is 12.3 Å². The number of hydrogen-bond donors (Lipinski definition) is 3. The van der Waals surface area contributed by atoms with E-state index in [1.54, 1.807) is 20.8 Å². The predicted octanol–water partition coefficient (Wildman–Crippen LogP) is 1.43. The van der Waals surface area contributed by atoms with Gasteiger partial charge in [-0.3, -0.25) is 4.98 Å². The smallest absolute Gasteiger partial charge is 0.407 e. The normalized spacial score (nSPS) is 10.9. The summed E-state index contributed by atoms with van der Waals surface area (Å²) in [6, 6.07) is 0. The molecule has 1 rings (SSSR count). The molecule has 20 heavy (non-hydrogen) atoms. The van der Waals surface area contributed by atoms with Gasteiger partial charge in [0.1, 0.15) is 5.60 Å². The Morgan fingerprint density at radius 3 is 2.60 bits per heavy atom. The number of carboxylic acids is 1. The highest BCUT2D eigenvalue weighted by Crippen LogP contribution is 2.15. The number of alkyl carbamates (subject to hydrolysis) is 1. The van der Waals surface area contributed by atoms with Crippen molar-refractivity contribution >= 4 is 17.7 Å². The topological polar surface area (TPSA) is 115 Å². The highest BCUT2D eigenvalue weighted by molar-refractivity contribution is 5.95. The number of anilines is 1. The average Bonchev–Trinajstić information content (AvgIpc) is 2.25. The molecule has 0 aliphatic heterocycles. The largest absolute Gasteiger partial charge is 0.478 e. The first kappa shape index (κ1) is 15.7. The lowest BCUT2D eigenvalue weighted by molar-refractivity contribution is 0.0528. The summed E-state index contributed by atoms with van der Waals surface area (Å²) in [6.07, 6.45) is 2.47. The zero-order valence-electron chi connectivity index (χ0n) is 11.8. The van der Waals surface area contributed by atoms with Crippen LogP contribution in [0, 0.1) is 0 Å². The van der Waals surface area contributed by atoms with E-state index in [2.05, 4.69) is 10.3 Å². The minimum atomic E-state index is -1.11. The van der Waals surface area contributed by atoms with Crippen molar-refractivity contribution in [3.8, 4) is 0 Å². The third kappa shape index (κ3) is 4.75. The van der Waals surface area contributed by atoms with E-state index in [9.17, 15) is 9.59 Å². The monoisotopic (exact) mass is 281 g/mol. The molecular weight excluding hydrogens is 262 g/mol. The average molecular weight is 281 g/mol. The Labute approximate surface area is 117 Å². The Balaban J connectivity index is 2.61. The molecule has 1 aromatic rings. The van der Waals surface area contributed by atoms with Gasteiger partial charge < -0.3 is 20.9 Å². The van der Waals surface area contributed by atoms with Crippen LogP contribution in [0.1, 0.15) is 36.7 Å².